The average Bonchev–Trinajstić information content (AvgIpc) is 2.36. The van der Waals surface area contributed by atoms with E-state index in [1.807, 2.05) is 0 Å². The van der Waals surface area contributed by atoms with E-state index >= 15 is 0 Å². The third-order valence-electron chi connectivity index (χ3n) is 3.75. The fourth-order valence-electron chi connectivity index (χ4n) is 2.50. The van der Waals surface area contributed by atoms with Gasteiger partial charge in [-0.25, -0.2) is 4.39 Å². The van der Waals surface area contributed by atoms with Crippen molar-refractivity contribution in [3.8, 4) is 5.75 Å². The summed E-state index contributed by atoms with van der Waals surface area (Å²) < 4.78 is 13.3. The highest BCUT2D eigenvalue weighted by Crippen LogP contribution is 2.19. The molecule has 100 valence electrons. The molecule has 1 atom stereocenters. The molecule has 0 bridgehead atoms. The maximum atomic E-state index is 13.3. The minimum atomic E-state index is -0.534. The molecule has 2 rings (SSSR count). The lowest BCUT2D eigenvalue weighted by atomic mass is 10.1. The van der Waals surface area contributed by atoms with Crippen LogP contribution in [0, 0.1) is 5.82 Å². The highest BCUT2D eigenvalue weighted by atomic mass is 19.1. The van der Waals surface area contributed by atoms with Crippen LogP contribution in [0.15, 0.2) is 18.2 Å². The molecule has 0 saturated carbocycles. The third kappa shape index (κ3) is 3.00. The van der Waals surface area contributed by atoms with Gasteiger partial charge in [0.1, 0.15) is 0 Å². The first-order valence-corrected chi connectivity index (χ1v) is 6.50. The van der Waals surface area contributed by atoms with Crippen molar-refractivity contribution in [2.24, 2.45) is 0 Å². The van der Waals surface area contributed by atoms with Gasteiger partial charge in [-0.3, -0.25) is 4.90 Å². The van der Waals surface area contributed by atoms with Crippen LogP contribution in [0.25, 0.3) is 0 Å². The molecule has 0 aliphatic carbocycles. The van der Waals surface area contributed by atoms with Gasteiger partial charge in [-0.1, -0.05) is 13.0 Å². The Labute approximate surface area is 108 Å². The van der Waals surface area contributed by atoms with Gasteiger partial charge < -0.3 is 10.0 Å². The number of likely N-dealkylation sites (N-methyl/N-ethyl adjacent to an activating group) is 1. The second-order valence-electron chi connectivity index (χ2n) is 5.06. The molecule has 4 heteroatoms. The first kappa shape index (κ1) is 13.3. The number of benzene rings is 1. The van der Waals surface area contributed by atoms with Gasteiger partial charge in [0, 0.05) is 32.2 Å². The van der Waals surface area contributed by atoms with Crippen LogP contribution in [0.2, 0.25) is 0 Å². The van der Waals surface area contributed by atoms with Gasteiger partial charge in [-0.05, 0) is 31.2 Å². The number of piperazine rings is 1. The molecule has 1 saturated heterocycles. The molecule has 0 radical (unpaired) electrons. The molecule has 1 aliphatic heterocycles. The van der Waals surface area contributed by atoms with Gasteiger partial charge in [0.05, 0.1) is 0 Å². The molecule has 0 aromatic heterocycles. The summed E-state index contributed by atoms with van der Waals surface area (Å²) in [6.07, 6.45) is 1.14. The van der Waals surface area contributed by atoms with Crippen molar-refractivity contribution in [3.63, 3.8) is 0 Å². The molecule has 1 N–H and O–H groups in total. The maximum Gasteiger partial charge on any atom is 0.165 e. The van der Waals surface area contributed by atoms with Crippen molar-refractivity contribution in [2.45, 2.75) is 25.9 Å². The predicted octanol–water partition coefficient (Wildman–Crippen LogP) is 2.06. The number of phenolic OH excluding ortho intramolecular Hbond substituents is 1. The third-order valence-corrected chi connectivity index (χ3v) is 3.75. The van der Waals surface area contributed by atoms with Crippen molar-refractivity contribution >= 4 is 0 Å². The standard InChI is InChI=1S/C14H21FN2O/c1-3-12-10-17(7-6-16(12)2)9-11-4-5-14(18)13(15)8-11/h4-5,8,12,18H,3,6-7,9-10H2,1-2H3. The SMILES string of the molecule is CCC1CN(Cc2ccc(O)c(F)c2)CCN1C. The van der Waals surface area contributed by atoms with Gasteiger partial charge in [-0.2, -0.15) is 0 Å². The van der Waals surface area contributed by atoms with Crippen molar-refractivity contribution in [3.05, 3.63) is 29.6 Å². The highest BCUT2D eigenvalue weighted by molar-refractivity contribution is 5.28. The summed E-state index contributed by atoms with van der Waals surface area (Å²) >= 11 is 0. The summed E-state index contributed by atoms with van der Waals surface area (Å²) in [5.41, 5.74) is 0.921. The molecule has 1 aliphatic rings. The number of rotatable bonds is 3. The van der Waals surface area contributed by atoms with Crippen LogP contribution in [0.4, 0.5) is 4.39 Å². The van der Waals surface area contributed by atoms with Gasteiger partial charge in [0.15, 0.2) is 11.6 Å². The zero-order chi connectivity index (χ0) is 13.1. The number of hydrogen-bond donors (Lipinski definition) is 1. The lowest BCUT2D eigenvalue weighted by Crippen LogP contribution is -2.50. The summed E-state index contributed by atoms with van der Waals surface area (Å²) in [6, 6.07) is 5.23. The molecule has 1 fully saturated rings. The van der Waals surface area contributed by atoms with E-state index in [4.69, 9.17) is 5.11 Å². The van der Waals surface area contributed by atoms with Gasteiger partial charge in [0.2, 0.25) is 0 Å². The number of nitrogens with zero attached hydrogens (tertiary/aromatic N) is 2. The second kappa shape index (κ2) is 5.67. The monoisotopic (exact) mass is 252 g/mol. The molecule has 1 heterocycles. The fraction of sp³-hybridized carbons (Fsp3) is 0.571. The van der Waals surface area contributed by atoms with Crippen LogP contribution in [0.5, 0.6) is 5.75 Å². The molecule has 18 heavy (non-hydrogen) atoms. The Bertz CT molecular complexity index is 411. The number of phenols is 1. The molecular formula is C14H21FN2O. The van der Waals surface area contributed by atoms with E-state index in [0.717, 1.165) is 38.2 Å². The first-order valence-electron chi connectivity index (χ1n) is 6.50. The summed E-state index contributed by atoms with van der Waals surface area (Å²) in [7, 11) is 2.16. The smallest absolute Gasteiger partial charge is 0.165 e. The quantitative estimate of drug-likeness (QED) is 0.892. The van der Waals surface area contributed by atoms with Crippen molar-refractivity contribution in [1.82, 2.24) is 9.80 Å². The molecule has 0 spiro atoms. The molecule has 0 amide bonds. The Morgan fingerprint density at radius 2 is 2.17 bits per heavy atom. The Morgan fingerprint density at radius 1 is 1.39 bits per heavy atom. The normalized spacial score (nSPS) is 22.3. The first-order chi connectivity index (χ1) is 8.60. The number of aromatic hydroxyl groups is 1. The summed E-state index contributed by atoms with van der Waals surface area (Å²) in [5.74, 6) is -0.808. The Hall–Kier alpha value is -1.13. The van der Waals surface area contributed by atoms with Crippen LogP contribution < -0.4 is 0 Å². The van der Waals surface area contributed by atoms with Crippen molar-refractivity contribution in [1.29, 1.82) is 0 Å². The average molecular weight is 252 g/mol. The van der Waals surface area contributed by atoms with Crippen LogP contribution in [0.3, 0.4) is 0 Å². The zero-order valence-electron chi connectivity index (χ0n) is 11.1. The Kier molecular flexibility index (Phi) is 4.19. The molecule has 1 aromatic rings. The predicted molar refractivity (Wildman–Crippen MR) is 70.1 cm³/mol. The van der Waals surface area contributed by atoms with Crippen LogP contribution in [-0.4, -0.2) is 47.6 Å². The summed E-state index contributed by atoms with van der Waals surface area (Å²) in [5, 5.41) is 9.17. The molecule has 3 nitrogen and oxygen atoms in total. The van der Waals surface area contributed by atoms with Crippen LogP contribution in [-0.2, 0) is 6.54 Å². The van der Waals surface area contributed by atoms with Crippen LogP contribution in [0.1, 0.15) is 18.9 Å². The molecule has 1 aromatic carbocycles. The minimum absolute atomic E-state index is 0.274. The van der Waals surface area contributed by atoms with Crippen molar-refractivity contribution in [2.75, 3.05) is 26.7 Å². The van der Waals surface area contributed by atoms with E-state index in [-0.39, 0.29) is 5.75 Å². The second-order valence-corrected chi connectivity index (χ2v) is 5.06. The largest absolute Gasteiger partial charge is 0.505 e. The van der Waals surface area contributed by atoms with Gasteiger partial charge in [0.25, 0.3) is 0 Å². The van der Waals surface area contributed by atoms with Crippen molar-refractivity contribution < 1.29 is 9.50 Å². The summed E-state index contributed by atoms with van der Waals surface area (Å²) in [4.78, 5) is 4.73. The number of halogens is 1. The van der Waals surface area contributed by atoms with E-state index in [2.05, 4.69) is 23.8 Å². The zero-order valence-corrected chi connectivity index (χ0v) is 11.1. The summed E-state index contributed by atoms with van der Waals surface area (Å²) in [6.45, 7) is 6.04. The minimum Gasteiger partial charge on any atom is -0.505 e. The fourth-order valence-corrected chi connectivity index (χ4v) is 2.50. The Balaban J connectivity index is 1.99. The highest BCUT2D eigenvalue weighted by Gasteiger charge is 2.22. The van der Waals surface area contributed by atoms with E-state index in [0.29, 0.717) is 6.04 Å². The topological polar surface area (TPSA) is 26.7 Å². The van der Waals surface area contributed by atoms with E-state index in [1.165, 1.54) is 12.1 Å². The van der Waals surface area contributed by atoms with E-state index in [1.54, 1.807) is 6.07 Å². The number of hydrogen-bond acceptors (Lipinski definition) is 3. The maximum absolute atomic E-state index is 13.3. The van der Waals surface area contributed by atoms with E-state index < -0.39 is 5.82 Å². The van der Waals surface area contributed by atoms with Crippen LogP contribution >= 0.6 is 0 Å². The van der Waals surface area contributed by atoms with E-state index in [9.17, 15) is 4.39 Å². The van der Waals surface area contributed by atoms with Gasteiger partial charge >= 0.3 is 0 Å². The lowest BCUT2D eigenvalue weighted by molar-refractivity contribution is 0.0883. The Morgan fingerprint density at radius 3 is 2.83 bits per heavy atom. The molecule has 1 unspecified atom stereocenters. The van der Waals surface area contributed by atoms with Gasteiger partial charge in [-0.15, -0.1) is 0 Å². The lowest BCUT2D eigenvalue weighted by Gasteiger charge is -2.39. The molecular weight excluding hydrogens is 231 g/mol.